The molecule has 0 spiro atoms. The third-order valence-corrected chi connectivity index (χ3v) is 5.76. The number of benzene rings is 1. The molecule has 1 fully saturated rings. The third kappa shape index (κ3) is 7.33. The Bertz CT molecular complexity index is 833. The van der Waals surface area contributed by atoms with E-state index in [1.807, 2.05) is 18.2 Å². The highest BCUT2D eigenvalue weighted by molar-refractivity contribution is 14.0. The quantitative estimate of drug-likeness (QED) is 0.265. The van der Waals surface area contributed by atoms with Crippen LogP contribution in [0.25, 0.3) is 0 Å². The maximum atomic E-state index is 6.29. The lowest BCUT2D eigenvalue weighted by atomic mass is 10.0. The Morgan fingerprint density at radius 2 is 1.97 bits per heavy atom. The molecule has 1 saturated heterocycles. The topological polar surface area (TPSA) is 74.9 Å². The molecule has 1 unspecified atom stereocenters. The summed E-state index contributed by atoms with van der Waals surface area (Å²) in [6.07, 6.45) is 1.65. The van der Waals surface area contributed by atoms with Crippen molar-refractivity contribution in [3.8, 4) is 0 Å². The summed E-state index contributed by atoms with van der Waals surface area (Å²) in [4.78, 5) is 7.27. The molecule has 2 aromatic rings. The second kappa shape index (κ2) is 14.0. The van der Waals surface area contributed by atoms with Gasteiger partial charge < -0.3 is 19.9 Å². The first kappa shape index (κ1) is 26.9. The molecule has 2 N–H and O–H groups in total. The van der Waals surface area contributed by atoms with Crippen molar-refractivity contribution in [1.29, 1.82) is 0 Å². The second-order valence-corrected chi connectivity index (χ2v) is 7.97. The van der Waals surface area contributed by atoms with Gasteiger partial charge in [-0.15, -0.1) is 24.0 Å². The van der Waals surface area contributed by atoms with Crippen LogP contribution in [0, 0.1) is 0 Å². The number of ether oxygens (including phenoxy) is 1. The predicted octanol–water partition coefficient (Wildman–Crippen LogP) is 4.20. The summed E-state index contributed by atoms with van der Waals surface area (Å²) < 4.78 is 11.0. The molecule has 1 atom stereocenters. The fourth-order valence-corrected chi connectivity index (χ4v) is 4.07. The van der Waals surface area contributed by atoms with Crippen molar-refractivity contribution in [2.24, 2.45) is 4.99 Å². The summed E-state index contributed by atoms with van der Waals surface area (Å²) in [5, 5.41) is 11.8. The van der Waals surface area contributed by atoms with E-state index in [1.165, 1.54) is 5.56 Å². The molecule has 2 heterocycles. The fourth-order valence-electron chi connectivity index (χ4n) is 3.87. The van der Waals surface area contributed by atoms with Crippen LogP contribution in [0.2, 0.25) is 5.02 Å². The number of hydrogen-bond donors (Lipinski definition) is 2. The van der Waals surface area contributed by atoms with E-state index in [2.05, 4.69) is 47.5 Å². The van der Waals surface area contributed by atoms with Crippen molar-refractivity contribution in [2.45, 2.75) is 46.2 Å². The van der Waals surface area contributed by atoms with Gasteiger partial charge in [0.2, 0.25) is 0 Å². The SMILES string of the molecule is CCNC(=NCc1c(CC)noc1CC)NCC(c1cccc(Cl)c1)N1CCOCC1.I. The Morgan fingerprint density at radius 3 is 2.62 bits per heavy atom. The van der Waals surface area contributed by atoms with Gasteiger partial charge in [0.1, 0.15) is 5.76 Å². The predicted molar refractivity (Wildman–Crippen MR) is 140 cm³/mol. The monoisotopic (exact) mass is 575 g/mol. The molecule has 1 aliphatic heterocycles. The molecule has 32 heavy (non-hydrogen) atoms. The number of nitrogens with one attached hydrogen (secondary N) is 2. The molecule has 0 bridgehead atoms. The Hall–Kier alpha value is -1.36. The minimum Gasteiger partial charge on any atom is -0.379 e. The number of nitrogens with zero attached hydrogens (tertiary/aromatic N) is 3. The average molecular weight is 576 g/mol. The lowest BCUT2D eigenvalue weighted by Crippen LogP contribution is -2.46. The molecule has 178 valence electrons. The number of aliphatic imine (C=N–C) groups is 1. The van der Waals surface area contributed by atoms with E-state index in [0.29, 0.717) is 6.54 Å². The van der Waals surface area contributed by atoms with Gasteiger partial charge in [-0.2, -0.15) is 0 Å². The first-order valence-electron chi connectivity index (χ1n) is 11.2. The highest BCUT2D eigenvalue weighted by Gasteiger charge is 2.23. The van der Waals surface area contributed by atoms with Gasteiger partial charge in [-0.1, -0.05) is 42.7 Å². The van der Waals surface area contributed by atoms with Gasteiger partial charge in [0.25, 0.3) is 0 Å². The zero-order chi connectivity index (χ0) is 22.1. The van der Waals surface area contributed by atoms with Crippen molar-refractivity contribution in [2.75, 3.05) is 39.4 Å². The molecule has 0 amide bonds. The highest BCUT2D eigenvalue weighted by Crippen LogP contribution is 2.24. The van der Waals surface area contributed by atoms with E-state index in [4.69, 9.17) is 25.9 Å². The third-order valence-electron chi connectivity index (χ3n) is 5.53. The van der Waals surface area contributed by atoms with Crippen LogP contribution in [-0.2, 0) is 24.1 Å². The molecule has 0 saturated carbocycles. The number of rotatable bonds is 9. The number of morpholine rings is 1. The van der Waals surface area contributed by atoms with Gasteiger partial charge in [0, 0.05) is 43.2 Å². The van der Waals surface area contributed by atoms with Gasteiger partial charge in [0.05, 0.1) is 31.5 Å². The summed E-state index contributed by atoms with van der Waals surface area (Å²) in [6.45, 7) is 11.6. The van der Waals surface area contributed by atoms with E-state index in [9.17, 15) is 0 Å². The molecule has 1 aromatic heterocycles. The number of aryl methyl sites for hydroxylation is 2. The van der Waals surface area contributed by atoms with E-state index in [-0.39, 0.29) is 30.0 Å². The Morgan fingerprint density at radius 1 is 1.19 bits per heavy atom. The summed E-state index contributed by atoms with van der Waals surface area (Å²) in [6, 6.07) is 8.28. The maximum Gasteiger partial charge on any atom is 0.191 e. The second-order valence-electron chi connectivity index (χ2n) is 7.53. The smallest absolute Gasteiger partial charge is 0.191 e. The number of aromatic nitrogens is 1. The van der Waals surface area contributed by atoms with Gasteiger partial charge >= 0.3 is 0 Å². The zero-order valence-electron chi connectivity index (χ0n) is 19.2. The summed E-state index contributed by atoms with van der Waals surface area (Å²) >= 11 is 6.29. The standard InChI is InChI=1S/C23H34ClN5O2.HI/c1-4-20-19(22(5-2)31-28-20)15-26-23(25-6-3)27-16-21(29-10-12-30-13-11-29)17-8-7-9-18(24)14-17;/h7-9,14,21H,4-6,10-13,15-16H2,1-3H3,(H2,25,26,27);1H. The lowest BCUT2D eigenvalue weighted by Gasteiger charge is -2.35. The highest BCUT2D eigenvalue weighted by atomic mass is 127. The van der Waals surface area contributed by atoms with E-state index < -0.39 is 0 Å². The van der Waals surface area contributed by atoms with Gasteiger partial charge in [-0.25, -0.2) is 4.99 Å². The lowest BCUT2D eigenvalue weighted by molar-refractivity contribution is 0.0170. The van der Waals surface area contributed by atoms with Crippen molar-refractivity contribution in [3.05, 3.63) is 51.9 Å². The normalized spacial score (nSPS) is 15.8. The van der Waals surface area contributed by atoms with Crippen LogP contribution in [-0.4, -0.2) is 55.4 Å². The maximum absolute atomic E-state index is 6.29. The molecule has 7 nitrogen and oxygen atoms in total. The van der Waals surface area contributed by atoms with Crippen LogP contribution in [0.5, 0.6) is 0 Å². The van der Waals surface area contributed by atoms with Crippen molar-refractivity contribution >= 4 is 41.5 Å². The van der Waals surface area contributed by atoms with Crippen LogP contribution in [0.15, 0.2) is 33.8 Å². The molecule has 3 rings (SSSR count). The summed E-state index contributed by atoms with van der Waals surface area (Å²) in [5.74, 6) is 1.70. The molecule has 1 aromatic carbocycles. The van der Waals surface area contributed by atoms with Gasteiger partial charge in [0.15, 0.2) is 5.96 Å². The Kier molecular flexibility index (Phi) is 11.8. The van der Waals surface area contributed by atoms with E-state index in [0.717, 1.165) is 80.2 Å². The van der Waals surface area contributed by atoms with Crippen molar-refractivity contribution in [1.82, 2.24) is 20.7 Å². The molecular weight excluding hydrogens is 541 g/mol. The fraction of sp³-hybridized carbons (Fsp3) is 0.565. The van der Waals surface area contributed by atoms with E-state index >= 15 is 0 Å². The van der Waals surface area contributed by atoms with Crippen molar-refractivity contribution < 1.29 is 9.26 Å². The minimum atomic E-state index is 0. The molecule has 1 aliphatic rings. The summed E-state index contributed by atoms with van der Waals surface area (Å²) in [5.41, 5.74) is 3.28. The zero-order valence-corrected chi connectivity index (χ0v) is 22.3. The molecule has 0 radical (unpaired) electrons. The average Bonchev–Trinajstić information content (AvgIpc) is 3.20. The summed E-state index contributed by atoms with van der Waals surface area (Å²) in [7, 11) is 0. The first-order chi connectivity index (χ1) is 15.2. The molecule has 9 heteroatoms. The van der Waals surface area contributed by atoms with E-state index in [1.54, 1.807) is 0 Å². The Balaban J connectivity index is 0.00000363. The van der Waals surface area contributed by atoms with Crippen LogP contribution in [0.4, 0.5) is 0 Å². The van der Waals surface area contributed by atoms with Crippen LogP contribution >= 0.6 is 35.6 Å². The molecule has 0 aliphatic carbocycles. The minimum absolute atomic E-state index is 0. The van der Waals surface area contributed by atoms with Gasteiger partial charge in [-0.05, 0) is 31.0 Å². The van der Waals surface area contributed by atoms with Crippen LogP contribution in [0.3, 0.4) is 0 Å². The Labute approximate surface area is 213 Å². The van der Waals surface area contributed by atoms with Crippen LogP contribution < -0.4 is 10.6 Å². The first-order valence-corrected chi connectivity index (χ1v) is 11.6. The number of guanidine groups is 1. The largest absolute Gasteiger partial charge is 0.379 e. The number of halogens is 2. The van der Waals surface area contributed by atoms with Crippen molar-refractivity contribution in [3.63, 3.8) is 0 Å². The molecular formula is C23H35ClIN5O2. The van der Waals surface area contributed by atoms with Gasteiger partial charge in [-0.3, -0.25) is 4.90 Å². The van der Waals surface area contributed by atoms with Crippen LogP contribution in [0.1, 0.15) is 49.4 Å². The number of hydrogen-bond acceptors (Lipinski definition) is 5.